The predicted octanol–water partition coefficient (Wildman–Crippen LogP) is 1.21. The highest BCUT2D eigenvalue weighted by molar-refractivity contribution is 5.90. The minimum atomic E-state index is -0.554. The first-order chi connectivity index (χ1) is 8.11. The first kappa shape index (κ1) is 11.3. The van der Waals surface area contributed by atoms with Crippen LogP contribution >= 0.6 is 0 Å². The smallest absolute Gasteiger partial charge is 0.325 e. The number of ether oxygens (including phenoxy) is 2. The highest BCUT2D eigenvalue weighted by Crippen LogP contribution is 2.34. The van der Waals surface area contributed by atoms with Gasteiger partial charge in [-0.05, 0) is 30.2 Å². The zero-order valence-electron chi connectivity index (χ0n) is 9.69. The number of rotatable bonds is 2. The molecule has 1 aliphatic rings. The fourth-order valence-corrected chi connectivity index (χ4v) is 1.67. The van der Waals surface area contributed by atoms with Crippen LogP contribution in [0.3, 0.4) is 0 Å². The zero-order valence-corrected chi connectivity index (χ0v) is 9.69. The van der Waals surface area contributed by atoms with Crippen molar-refractivity contribution in [2.24, 2.45) is 0 Å². The third-order valence-electron chi connectivity index (χ3n) is 2.68. The molecule has 0 aromatic heterocycles. The molecule has 0 radical (unpaired) electrons. The fourth-order valence-electron chi connectivity index (χ4n) is 1.67. The molecule has 0 fully saturated rings. The molecule has 5 heteroatoms. The third-order valence-corrected chi connectivity index (χ3v) is 2.68. The number of fused-ring (bicyclic) bond motifs is 1. The maximum absolute atomic E-state index is 11.2. The van der Waals surface area contributed by atoms with Crippen molar-refractivity contribution in [3.8, 4) is 17.6 Å². The summed E-state index contributed by atoms with van der Waals surface area (Å²) in [5.74, 6) is 0.853. The fraction of sp³-hybridized carbons (Fsp3) is 0.333. The summed E-state index contributed by atoms with van der Waals surface area (Å²) in [6.45, 7) is 2.54. The minimum Gasteiger partial charge on any atom is -0.454 e. The summed E-state index contributed by atoms with van der Waals surface area (Å²) in [6.07, 6.45) is 0. The maximum atomic E-state index is 11.2. The molecule has 1 aromatic carbocycles. The highest BCUT2D eigenvalue weighted by atomic mass is 16.7. The molecule has 0 atom stereocenters. The molecule has 1 aliphatic heterocycles. The van der Waals surface area contributed by atoms with Crippen LogP contribution in [0.4, 0.5) is 0 Å². The number of aryl methyl sites for hydroxylation is 1. The molecule has 17 heavy (non-hydrogen) atoms. The topological polar surface area (TPSA) is 62.6 Å². The van der Waals surface area contributed by atoms with Gasteiger partial charge in [0.25, 0.3) is 0 Å². The number of carbonyl (C=O) groups is 1. The molecule has 0 aliphatic carbocycles. The second kappa shape index (κ2) is 4.34. The Bertz CT molecular complexity index is 505. The first-order valence-corrected chi connectivity index (χ1v) is 5.16. The van der Waals surface area contributed by atoms with E-state index in [1.54, 1.807) is 13.1 Å². The van der Waals surface area contributed by atoms with E-state index in [4.69, 9.17) is 14.7 Å². The van der Waals surface area contributed by atoms with Gasteiger partial charge in [0.15, 0.2) is 17.6 Å². The second-order valence-corrected chi connectivity index (χ2v) is 3.90. The van der Waals surface area contributed by atoms with Gasteiger partial charge < -0.3 is 14.4 Å². The van der Waals surface area contributed by atoms with Crippen LogP contribution in [0.5, 0.6) is 11.5 Å². The van der Waals surface area contributed by atoms with E-state index in [1.807, 2.05) is 19.1 Å². The highest BCUT2D eigenvalue weighted by Gasteiger charge is 2.17. The second-order valence-electron chi connectivity index (χ2n) is 3.90. The lowest BCUT2D eigenvalue weighted by Gasteiger charge is -2.15. The maximum Gasteiger partial charge on any atom is 0.325 e. The molecule has 2 rings (SSSR count). The Morgan fingerprint density at radius 3 is 2.76 bits per heavy atom. The summed E-state index contributed by atoms with van der Waals surface area (Å²) in [6, 6.07) is 5.31. The van der Waals surface area contributed by atoms with Crippen molar-refractivity contribution in [2.45, 2.75) is 13.5 Å². The van der Waals surface area contributed by atoms with E-state index in [9.17, 15) is 4.79 Å². The molecule has 5 nitrogen and oxygen atoms in total. The van der Waals surface area contributed by atoms with Crippen LogP contribution in [-0.4, -0.2) is 24.6 Å². The van der Waals surface area contributed by atoms with Gasteiger partial charge in [-0.15, -0.1) is 0 Å². The molecule has 0 saturated heterocycles. The van der Waals surface area contributed by atoms with Gasteiger partial charge in [0.05, 0.1) is 0 Å². The van der Waals surface area contributed by atoms with Crippen molar-refractivity contribution in [1.29, 1.82) is 5.26 Å². The molecule has 0 saturated carbocycles. The summed E-state index contributed by atoms with van der Waals surface area (Å²) < 4.78 is 10.5. The SMILES string of the molecule is Cc1cc2c(cc1CN(C)C(=O)C#N)OCO2. The summed E-state index contributed by atoms with van der Waals surface area (Å²) in [5, 5.41) is 8.52. The van der Waals surface area contributed by atoms with Crippen LogP contribution in [0.15, 0.2) is 12.1 Å². The van der Waals surface area contributed by atoms with Crippen molar-refractivity contribution in [1.82, 2.24) is 4.90 Å². The Hall–Kier alpha value is -2.22. The summed E-state index contributed by atoms with van der Waals surface area (Å²) in [7, 11) is 1.59. The average Bonchev–Trinajstić information content (AvgIpc) is 2.75. The molecule has 0 spiro atoms. The number of hydrogen-bond acceptors (Lipinski definition) is 4. The van der Waals surface area contributed by atoms with Crippen LogP contribution in [0.2, 0.25) is 0 Å². The third kappa shape index (κ3) is 2.16. The number of hydrogen-bond donors (Lipinski definition) is 0. The molecular weight excluding hydrogens is 220 g/mol. The van der Waals surface area contributed by atoms with Gasteiger partial charge in [0.1, 0.15) is 0 Å². The lowest BCUT2D eigenvalue weighted by molar-refractivity contribution is -0.124. The Morgan fingerprint density at radius 1 is 1.47 bits per heavy atom. The summed E-state index contributed by atoms with van der Waals surface area (Å²) >= 11 is 0. The van der Waals surface area contributed by atoms with Gasteiger partial charge in [-0.1, -0.05) is 0 Å². The van der Waals surface area contributed by atoms with Crippen molar-refractivity contribution in [2.75, 3.05) is 13.8 Å². The quantitative estimate of drug-likeness (QED) is 0.719. The van der Waals surface area contributed by atoms with E-state index in [2.05, 4.69) is 0 Å². The summed E-state index contributed by atoms with van der Waals surface area (Å²) in [5.41, 5.74) is 1.95. The molecule has 0 unspecified atom stereocenters. The van der Waals surface area contributed by atoms with Crippen LogP contribution in [0, 0.1) is 18.3 Å². The van der Waals surface area contributed by atoms with E-state index in [0.29, 0.717) is 12.3 Å². The monoisotopic (exact) mass is 232 g/mol. The molecule has 0 N–H and O–H groups in total. The van der Waals surface area contributed by atoms with Gasteiger partial charge >= 0.3 is 5.91 Å². The Balaban J connectivity index is 2.22. The average molecular weight is 232 g/mol. The molecule has 0 bridgehead atoms. The van der Waals surface area contributed by atoms with Crippen LogP contribution in [-0.2, 0) is 11.3 Å². The van der Waals surface area contributed by atoms with Crippen molar-refractivity contribution in [3.63, 3.8) is 0 Å². The molecule has 1 aromatic rings. The Labute approximate surface area is 99.2 Å². The lowest BCUT2D eigenvalue weighted by Crippen LogP contribution is -2.24. The van der Waals surface area contributed by atoms with Crippen LogP contribution in [0.25, 0.3) is 0 Å². The molecule has 88 valence electrons. The number of amides is 1. The lowest BCUT2D eigenvalue weighted by atomic mass is 10.1. The Kier molecular flexibility index (Phi) is 2.88. The van der Waals surface area contributed by atoms with Gasteiger partial charge in [-0.2, -0.15) is 5.26 Å². The standard InChI is InChI=1S/C12H12N2O3/c1-8-3-10-11(17-7-16-10)4-9(8)6-14(2)12(15)5-13/h3-4H,6-7H2,1-2H3. The predicted molar refractivity (Wildman–Crippen MR) is 59.4 cm³/mol. The molecular formula is C12H12N2O3. The van der Waals surface area contributed by atoms with E-state index in [1.165, 1.54) is 4.90 Å². The largest absolute Gasteiger partial charge is 0.454 e. The van der Waals surface area contributed by atoms with Crippen LogP contribution in [0.1, 0.15) is 11.1 Å². The molecule has 1 amide bonds. The van der Waals surface area contributed by atoms with E-state index in [-0.39, 0.29) is 6.79 Å². The first-order valence-electron chi connectivity index (χ1n) is 5.16. The van der Waals surface area contributed by atoms with E-state index in [0.717, 1.165) is 16.9 Å². The molecule has 1 heterocycles. The number of benzene rings is 1. The van der Waals surface area contributed by atoms with Crippen molar-refractivity contribution in [3.05, 3.63) is 23.3 Å². The summed E-state index contributed by atoms with van der Waals surface area (Å²) in [4.78, 5) is 12.5. The van der Waals surface area contributed by atoms with E-state index >= 15 is 0 Å². The van der Waals surface area contributed by atoms with Gasteiger partial charge in [-0.3, -0.25) is 4.79 Å². The van der Waals surface area contributed by atoms with Gasteiger partial charge in [-0.25, -0.2) is 0 Å². The van der Waals surface area contributed by atoms with Gasteiger partial charge in [0, 0.05) is 13.6 Å². The van der Waals surface area contributed by atoms with Crippen molar-refractivity contribution < 1.29 is 14.3 Å². The van der Waals surface area contributed by atoms with Crippen LogP contribution < -0.4 is 9.47 Å². The van der Waals surface area contributed by atoms with Gasteiger partial charge in [0.2, 0.25) is 6.79 Å². The van der Waals surface area contributed by atoms with E-state index < -0.39 is 5.91 Å². The normalized spacial score (nSPS) is 12.1. The Morgan fingerprint density at radius 2 is 2.12 bits per heavy atom. The number of carbonyl (C=O) groups excluding carboxylic acids is 1. The minimum absolute atomic E-state index is 0.227. The van der Waals surface area contributed by atoms with Crippen molar-refractivity contribution >= 4 is 5.91 Å². The zero-order chi connectivity index (χ0) is 12.4. The number of nitrogens with zero attached hydrogens (tertiary/aromatic N) is 2. The number of nitriles is 1.